The summed E-state index contributed by atoms with van der Waals surface area (Å²) < 4.78 is 5.74. The first-order valence-corrected chi connectivity index (χ1v) is 8.80. The van der Waals surface area contributed by atoms with Crippen molar-refractivity contribution in [3.63, 3.8) is 0 Å². The first kappa shape index (κ1) is 17.1. The Balaban J connectivity index is 1.34. The SMILES string of the molecule is O=C1CN(c2ccc(C(=O)NC[C@@H]3COc4ccccc4C3)cc2)C(=O)N1. The lowest BCUT2D eigenvalue weighted by Gasteiger charge is -2.25. The van der Waals surface area contributed by atoms with Crippen molar-refractivity contribution < 1.29 is 19.1 Å². The van der Waals surface area contributed by atoms with Crippen LogP contribution in [0.15, 0.2) is 48.5 Å². The smallest absolute Gasteiger partial charge is 0.329 e. The highest BCUT2D eigenvalue weighted by atomic mass is 16.5. The quantitative estimate of drug-likeness (QED) is 0.808. The van der Waals surface area contributed by atoms with Gasteiger partial charge < -0.3 is 10.1 Å². The van der Waals surface area contributed by atoms with Crippen LogP contribution in [0, 0.1) is 5.92 Å². The van der Waals surface area contributed by atoms with E-state index < -0.39 is 6.03 Å². The van der Waals surface area contributed by atoms with Crippen LogP contribution in [0.5, 0.6) is 5.75 Å². The molecule has 2 N–H and O–H groups in total. The maximum Gasteiger partial charge on any atom is 0.329 e. The zero-order valence-corrected chi connectivity index (χ0v) is 14.6. The van der Waals surface area contributed by atoms with E-state index in [9.17, 15) is 14.4 Å². The van der Waals surface area contributed by atoms with Gasteiger partial charge in [-0.1, -0.05) is 18.2 Å². The number of hydrogen-bond donors (Lipinski definition) is 2. The molecule has 7 heteroatoms. The van der Waals surface area contributed by atoms with E-state index in [2.05, 4.69) is 10.6 Å². The molecule has 4 amide bonds. The van der Waals surface area contributed by atoms with E-state index in [0.717, 1.165) is 17.7 Å². The molecule has 27 heavy (non-hydrogen) atoms. The van der Waals surface area contributed by atoms with E-state index in [-0.39, 0.29) is 24.3 Å². The summed E-state index contributed by atoms with van der Waals surface area (Å²) in [6, 6.07) is 14.1. The number of nitrogens with one attached hydrogen (secondary N) is 2. The molecule has 0 saturated carbocycles. The summed E-state index contributed by atoms with van der Waals surface area (Å²) in [5.74, 6) is 0.628. The number of imide groups is 1. The van der Waals surface area contributed by atoms with E-state index >= 15 is 0 Å². The Kier molecular flexibility index (Phi) is 4.50. The number of anilines is 1. The van der Waals surface area contributed by atoms with Crippen LogP contribution in [0.25, 0.3) is 0 Å². The van der Waals surface area contributed by atoms with Gasteiger partial charge in [-0.3, -0.25) is 19.8 Å². The second-order valence-electron chi connectivity index (χ2n) is 6.69. The van der Waals surface area contributed by atoms with Crippen LogP contribution < -0.4 is 20.3 Å². The molecule has 2 heterocycles. The van der Waals surface area contributed by atoms with Crippen molar-refractivity contribution in [2.24, 2.45) is 5.92 Å². The van der Waals surface area contributed by atoms with Crippen LogP contribution in [-0.4, -0.2) is 37.5 Å². The van der Waals surface area contributed by atoms with Crippen LogP contribution in [0.1, 0.15) is 15.9 Å². The number of hydrogen-bond acceptors (Lipinski definition) is 4. The van der Waals surface area contributed by atoms with Gasteiger partial charge >= 0.3 is 6.03 Å². The lowest BCUT2D eigenvalue weighted by atomic mass is 9.96. The number of carbonyl (C=O) groups is 3. The third-order valence-electron chi connectivity index (χ3n) is 4.74. The van der Waals surface area contributed by atoms with Gasteiger partial charge in [0.15, 0.2) is 0 Å². The molecule has 0 aliphatic carbocycles. The van der Waals surface area contributed by atoms with Gasteiger partial charge in [0.2, 0.25) is 5.91 Å². The molecule has 4 rings (SSSR count). The maximum absolute atomic E-state index is 12.4. The van der Waals surface area contributed by atoms with Crippen molar-refractivity contribution in [1.29, 1.82) is 0 Å². The predicted molar refractivity (Wildman–Crippen MR) is 98.8 cm³/mol. The summed E-state index contributed by atoms with van der Waals surface area (Å²) in [5, 5.41) is 5.16. The molecule has 0 unspecified atom stereocenters. The minimum atomic E-state index is -0.449. The molecule has 2 aromatic carbocycles. The highest BCUT2D eigenvalue weighted by molar-refractivity contribution is 6.12. The van der Waals surface area contributed by atoms with Crippen LogP contribution in [0.2, 0.25) is 0 Å². The average Bonchev–Trinajstić information content (AvgIpc) is 3.04. The summed E-state index contributed by atoms with van der Waals surface area (Å²) >= 11 is 0. The molecule has 2 aliphatic rings. The molecule has 2 aliphatic heterocycles. The fraction of sp³-hybridized carbons (Fsp3) is 0.250. The van der Waals surface area contributed by atoms with Crippen LogP contribution in [0.3, 0.4) is 0 Å². The molecule has 7 nitrogen and oxygen atoms in total. The Morgan fingerprint density at radius 3 is 2.67 bits per heavy atom. The predicted octanol–water partition coefficient (Wildman–Crippen LogP) is 1.72. The molecule has 1 atom stereocenters. The van der Waals surface area contributed by atoms with Crippen molar-refractivity contribution in [1.82, 2.24) is 10.6 Å². The molecule has 1 fully saturated rings. The molecule has 0 radical (unpaired) electrons. The van der Waals surface area contributed by atoms with Gasteiger partial charge in [-0.25, -0.2) is 4.79 Å². The van der Waals surface area contributed by atoms with Crippen molar-refractivity contribution in [2.75, 3.05) is 24.6 Å². The van der Waals surface area contributed by atoms with Crippen molar-refractivity contribution in [2.45, 2.75) is 6.42 Å². The Bertz CT molecular complexity index is 894. The first-order chi connectivity index (χ1) is 13.1. The molecule has 138 valence electrons. The zero-order chi connectivity index (χ0) is 18.8. The highest BCUT2D eigenvalue weighted by Crippen LogP contribution is 2.26. The number of rotatable bonds is 4. The largest absolute Gasteiger partial charge is 0.493 e. The van der Waals surface area contributed by atoms with Gasteiger partial charge in [0.05, 0.1) is 6.61 Å². The van der Waals surface area contributed by atoms with E-state index in [1.807, 2.05) is 24.3 Å². The normalized spacial score (nSPS) is 18.5. The summed E-state index contributed by atoms with van der Waals surface area (Å²) in [5.41, 5.74) is 2.24. The number of carbonyl (C=O) groups excluding carboxylic acids is 3. The lowest BCUT2D eigenvalue weighted by molar-refractivity contribution is -0.117. The molecular weight excluding hydrogens is 346 g/mol. The third-order valence-corrected chi connectivity index (χ3v) is 4.74. The van der Waals surface area contributed by atoms with E-state index in [4.69, 9.17) is 4.74 Å². The van der Waals surface area contributed by atoms with Gasteiger partial charge in [0.25, 0.3) is 5.91 Å². The van der Waals surface area contributed by atoms with Crippen molar-refractivity contribution in [3.8, 4) is 5.75 Å². The Morgan fingerprint density at radius 2 is 1.93 bits per heavy atom. The fourth-order valence-electron chi connectivity index (χ4n) is 3.30. The monoisotopic (exact) mass is 365 g/mol. The van der Waals surface area contributed by atoms with E-state index in [1.54, 1.807) is 24.3 Å². The van der Waals surface area contributed by atoms with Gasteiger partial charge in [0, 0.05) is 23.7 Å². The molecular formula is C20H19N3O4. The number of ether oxygens (including phenoxy) is 1. The zero-order valence-electron chi connectivity index (χ0n) is 14.6. The first-order valence-electron chi connectivity index (χ1n) is 8.80. The summed E-state index contributed by atoms with van der Waals surface area (Å²) in [7, 11) is 0. The number of fused-ring (bicyclic) bond motifs is 1. The lowest BCUT2D eigenvalue weighted by Crippen LogP contribution is -2.34. The van der Waals surface area contributed by atoms with Gasteiger partial charge in [-0.2, -0.15) is 0 Å². The second-order valence-corrected chi connectivity index (χ2v) is 6.69. The van der Waals surface area contributed by atoms with Gasteiger partial charge in [-0.05, 0) is 42.3 Å². The van der Waals surface area contributed by atoms with Crippen LogP contribution in [0.4, 0.5) is 10.5 Å². The van der Waals surface area contributed by atoms with Crippen molar-refractivity contribution in [3.05, 3.63) is 59.7 Å². The molecule has 1 saturated heterocycles. The number of benzene rings is 2. The molecule has 2 aromatic rings. The molecule has 0 aromatic heterocycles. The number of amides is 4. The van der Waals surface area contributed by atoms with Crippen molar-refractivity contribution >= 4 is 23.5 Å². The fourth-order valence-corrected chi connectivity index (χ4v) is 3.30. The number of urea groups is 1. The van der Waals surface area contributed by atoms with Gasteiger partial charge in [-0.15, -0.1) is 0 Å². The summed E-state index contributed by atoms with van der Waals surface area (Å²) in [6.07, 6.45) is 0.869. The Hall–Kier alpha value is -3.35. The summed E-state index contributed by atoms with van der Waals surface area (Å²) in [6.45, 7) is 1.10. The Morgan fingerprint density at radius 1 is 1.15 bits per heavy atom. The summed E-state index contributed by atoms with van der Waals surface area (Å²) in [4.78, 5) is 36.7. The van der Waals surface area contributed by atoms with E-state index in [0.29, 0.717) is 24.4 Å². The standard InChI is InChI=1S/C20H19N3O4/c24-18-11-23(20(26)22-18)16-7-5-14(6-8-16)19(25)21-10-13-9-15-3-1-2-4-17(15)27-12-13/h1-8,13H,9-12H2,(H,21,25)(H,22,24,26)/t13-/m1/s1. The number of nitrogens with zero attached hydrogens (tertiary/aromatic N) is 1. The van der Waals surface area contributed by atoms with Crippen LogP contribution >= 0.6 is 0 Å². The topological polar surface area (TPSA) is 87.7 Å². The minimum Gasteiger partial charge on any atom is -0.493 e. The maximum atomic E-state index is 12.4. The van der Waals surface area contributed by atoms with Crippen LogP contribution in [-0.2, 0) is 11.2 Å². The minimum absolute atomic E-state index is 0.00642. The molecule has 0 spiro atoms. The van der Waals surface area contributed by atoms with Gasteiger partial charge in [0.1, 0.15) is 12.3 Å². The average molecular weight is 365 g/mol. The van der Waals surface area contributed by atoms with E-state index in [1.165, 1.54) is 4.90 Å². The highest BCUT2D eigenvalue weighted by Gasteiger charge is 2.28. The molecule has 0 bridgehead atoms. The Labute approximate surface area is 156 Å². The second kappa shape index (κ2) is 7.11. The number of para-hydroxylation sites is 1. The third kappa shape index (κ3) is 3.62.